The van der Waals surface area contributed by atoms with E-state index < -0.39 is 10.0 Å². The highest BCUT2D eigenvalue weighted by Crippen LogP contribution is 2.15. The second-order valence-corrected chi connectivity index (χ2v) is 6.27. The fourth-order valence-electron chi connectivity index (χ4n) is 1.99. The molecule has 6 nitrogen and oxygen atoms in total. The van der Waals surface area contributed by atoms with Gasteiger partial charge < -0.3 is 9.84 Å². The minimum atomic E-state index is -3.30. The van der Waals surface area contributed by atoms with Gasteiger partial charge in [-0.2, -0.15) is 4.31 Å². The van der Waals surface area contributed by atoms with Crippen molar-refractivity contribution in [2.24, 2.45) is 0 Å². The van der Waals surface area contributed by atoms with E-state index in [1.54, 1.807) is 13.0 Å². The lowest BCUT2D eigenvalue weighted by atomic mass is 10.3. The van der Waals surface area contributed by atoms with Crippen LogP contribution in [0.15, 0.2) is 10.6 Å². The maximum absolute atomic E-state index is 12.2. The molecular formula is C10H17N3O3S. The number of nitrogens with zero attached hydrogens (tertiary/aromatic N) is 2. The lowest BCUT2D eigenvalue weighted by molar-refractivity contribution is 0.283. The second-order valence-electron chi connectivity index (χ2n) is 4.35. The van der Waals surface area contributed by atoms with Gasteiger partial charge >= 0.3 is 0 Å². The molecule has 0 bridgehead atoms. The molecule has 1 N–H and O–H groups in total. The van der Waals surface area contributed by atoms with Crippen LogP contribution in [0.25, 0.3) is 0 Å². The Morgan fingerprint density at radius 2 is 2.41 bits per heavy atom. The normalized spacial score (nSPS) is 22.8. The molecule has 0 aliphatic carbocycles. The van der Waals surface area contributed by atoms with Crippen molar-refractivity contribution < 1.29 is 12.9 Å². The Kier molecular flexibility index (Phi) is 3.50. The Balaban J connectivity index is 2.12. The summed E-state index contributed by atoms with van der Waals surface area (Å²) >= 11 is 0. The van der Waals surface area contributed by atoms with Gasteiger partial charge in [0.15, 0.2) is 0 Å². The summed E-state index contributed by atoms with van der Waals surface area (Å²) in [6.07, 6.45) is 0. The Morgan fingerprint density at radius 3 is 3.00 bits per heavy atom. The molecule has 2 rings (SSSR count). The van der Waals surface area contributed by atoms with Crippen LogP contribution >= 0.6 is 0 Å². The molecule has 1 atom stereocenters. The molecule has 1 aromatic heterocycles. The molecule has 0 aromatic carbocycles. The monoisotopic (exact) mass is 259 g/mol. The first kappa shape index (κ1) is 12.5. The van der Waals surface area contributed by atoms with Crippen LogP contribution in [0.3, 0.4) is 0 Å². The lowest BCUT2D eigenvalue weighted by Gasteiger charge is -2.32. The van der Waals surface area contributed by atoms with Crippen molar-refractivity contribution in [3.8, 4) is 0 Å². The van der Waals surface area contributed by atoms with Crippen LogP contribution in [-0.2, 0) is 15.8 Å². The van der Waals surface area contributed by atoms with Gasteiger partial charge in [0.2, 0.25) is 10.0 Å². The number of piperazine rings is 1. The maximum atomic E-state index is 12.2. The van der Waals surface area contributed by atoms with Gasteiger partial charge in [0.1, 0.15) is 17.2 Å². The molecule has 1 aliphatic rings. The third kappa shape index (κ3) is 2.85. The Hall–Kier alpha value is -0.920. The minimum absolute atomic E-state index is 0.0123. The SMILES string of the molecule is Cc1cc(CS(=O)(=O)N2CCNC[C@H]2C)no1. The molecule has 0 amide bonds. The van der Waals surface area contributed by atoms with Crippen molar-refractivity contribution >= 4 is 10.0 Å². The molecule has 1 aliphatic heterocycles. The van der Waals surface area contributed by atoms with Crippen molar-refractivity contribution in [1.29, 1.82) is 0 Å². The van der Waals surface area contributed by atoms with Crippen LogP contribution in [0, 0.1) is 6.92 Å². The second kappa shape index (κ2) is 4.75. The van der Waals surface area contributed by atoms with Crippen LogP contribution in [0.5, 0.6) is 0 Å². The Bertz CT molecular complexity index is 483. The zero-order chi connectivity index (χ0) is 12.5. The summed E-state index contributed by atoms with van der Waals surface area (Å²) in [4.78, 5) is 0. The molecule has 1 saturated heterocycles. The Labute approximate surface area is 101 Å². The zero-order valence-electron chi connectivity index (χ0n) is 10.0. The molecule has 1 fully saturated rings. The quantitative estimate of drug-likeness (QED) is 0.833. The van der Waals surface area contributed by atoms with E-state index >= 15 is 0 Å². The summed E-state index contributed by atoms with van der Waals surface area (Å²) in [6.45, 7) is 5.55. The van der Waals surface area contributed by atoms with E-state index in [1.165, 1.54) is 4.31 Å². The van der Waals surface area contributed by atoms with Gasteiger partial charge in [-0.25, -0.2) is 8.42 Å². The highest BCUT2D eigenvalue weighted by Gasteiger charge is 2.30. The molecule has 0 spiro atoms. The summed E-state index contributed by atoms with van der Waals surface area (Å²) in [7, 11) is -3.30. The van der Waals surface area contributed by atoms with Gasteiger partial charge in [-0.15, -0.1) is 0 Å². The van der Waals surface area contributed by atoms with E-state index in [0.717, 1.165) is 0 Å². The first-order chi connectivity index (χ1) is 7.99. The van der Waals surface area contributed by atoms with Gasteiger partial charge in [-0.3, -0.25) is 0 Å². The smallest absolute Gasteiger partial charge is 0.220 e. The number of rotatable bonds is 3. The first-order valence-corrected chi connectivity index (χ1v) is 7.22. The van der Waals surface area contributed by atoms with Gasteiger partial charge in [0.05, 0.1) is 0 Å². The summed E-state index contributed by atoms with van der Waals surface area (Å²) in [5, 5.41) is 6.89. The molecule has 0 unspecified atom stereocenters. The average Bonchev–Trinajstić information content (AvgIpc) is 2.63. The van der Waals surface area contributed by atoms with Crippen LogP contribution in [-0.4, -0.2) is 43.6 Å². The topological polar surface area (TPSA) is 75.4 Å². The van der Waals surface area contributed by atoms with E-state index in [4.69, 9.17) is 4.52 Å². The van der Waals surface area contributed by atoms with E-state index in [-0.39, 0.29) is 11.8 Å². The number of sulfonamides is 1. The third-order valence-electron chi connectivity index (χ3n) is 2.80. The molecule has 17 heavy (non-hydrogen) atoms. The summed E-state index contributed by atoms with van der Waals surface area (Å²) in [6, 6.07) is 1.64. The standard InChI is InChI=1S/C10H17N3O3S/c1-8-6-11-3-4-13(8)17(14,15)7-10-5-9(2)16-12-10/h5,8,11H,3-4,6-7H2,1-2H3/t8-/m1/s1. The molecule has 0 radical (unpaired) electrons. The van der Waals surface area contributed by atoms with E-state index in [1.807, 2.05) is 6.92 Å². The molecular weight excluding hydrogens is 242 g/mol. The summed E-state index contributed by atoms with van der Waals surface area (Å²) < 4.78 is 30.8. The van der Waals surface area contributed by atoms with Crippen molar-refractivity contribution in [3.63, 3.8) is 0 Å². The fraction of sp³-hybridized carbons (Fsp3) is 0.700. The predicted molar refractivity (Wildman–Crippen MR) is 62.9 cm³/mol. The van der Waals surface area contributed by atoms with Crippen molar-refractivity contribution in [3.05, 3.63) is 17.5 Å². The van der Waals surface area contributed by atoms with E-state index in [2.05, 4.69) is 10.5 Å². The van der Waals surface area contributed by atoms with Gasteiger partial charge in [0.25, 0.3) is 0 Å². The van der Waals surface area contributed by atoms with E-state index in [9.17, 15) is 8.42 Å². The van der Waals surface area contributed by atoms with Gasteiger partial charge in [0, 0.05) is 31.7 Å². The van der Waals surface area contributed by atoms with Gasteiger partial charge in [-0.05, 0) is 13.8 Å². The van der Waals surface area contributed by atoms with Crippen LogP contribution < -0.4 is 5.32 Å². The van der Waals surface area contributed by atoms with Crippen LogP contribution in [0.1, 0.15) is 18.4 Å². The van der Waals surface area contributed by atoms with Crippen LogP contribution in [0.2, 0.25) is 0 Å². The maximum Gasteiger partial charge on any atom is 0.220 e. The molecule has 0 saturated carbocycles. The fourth-order valence-corrected chi connectivity index (χ4v) is 3.66. The largest absolute Gasteiger partial charge is 0.361 e. The number of hydrogen-bond acceptors (Lipinski definition) is 5. The summed E-state index contributed by atoms with van der Waals surface area (Å²) in [5.74, 6) is 0.540. The number of aryl methyl sites for hydroxylation is 1. The first-order valence-electron chi connectivity index (χ1n) is 5.61. The number of nitrogens with one attached hydrogen (secondary N) is 1. The van der Waals surface area contributed by atoms with E-state index in [0.29, 0.717) is 31.1 Å². The highest BCUT2D eigenvalue weighted by atomic mass is 32.2. The van der Waals surface area contributed by atoms with Crippen molar-refractivity contribution in [2.75, 3.05) is 19.6 Å². The molecule has 2 heterocycles. The molecule has 1 aromatic rings. The van der Waals surface area contributed by atoms with Gasteiger partial charge in [-0.1, -0.05) is 5.16 Å². The minimum Gasteiger partial charge on any atom is -0.361 e. The number of hydrogen-bond donors (Lipinski definition) is 1. The lowest BCUT2D eigenvalue weighted by Crippen LogP contribution is -2.52. The average molecular weight is 259 g/mol. The zero-order valence-corrected chi connectivity index (χ0v) is 10.8. The highest BCUT2D eigenvalue weighted by molar-refractivity contribution is 7.88. The Morgan fingerprint density at radius 1 is 1.65 bits per heavy atom. The molecule has 7 heteroatoms. The van der Waals surface area contributed by atoms with Crippen molar-refractivity contribution in [2.45, 2.75) is 25.6 Å². The third-order valence-corrected chi connectivity index (χ3v) is 4.72. The van der Waals surface area contributed by atoms with Crippen LogP contribution in [0.4, 0.5) is 0 Å². The number of aromatic nitrogens is 1. The molecule has 96 valence electrons. The van der Waals surface area contributed by atoms with Crippen molar-refractivity contribution in [1.82, 2.24) is 14.8 Å². The summed E-state index contributed by atoms with van der Waals surface area (Å²) in [5.41, 5.74) is 0.466. The predicted octanol–water partition coefficient (Wildman–Crippen LogP) is 0.107.